The molecule has 0 N–H and O–H groups in total. The van der Waals surface area contributed by atoms with Gasteiger partial charge in [-0.05, 0) is 46.8 Å². The number of halogens is 2. The summed E-state index contributed by atoms with van der Waals surface area (Å²) in [5, 5.41) is 0.625. The quantitative estimate of drug-likeness (QED) is 0.611. The molecular formula is C6H4ClI. The summed E-state index contributed by atoms with van der Waals surface area (Å²) in [7, 11) is 0. The molecule has 2 heteroatoms. The summed E-state index contributed by atoms with van der Waals surface area (Å²) in [6.45, 7) is 0. The normalized spacial score (nSPS) is 11.0. The van der Waals surface area contributed by atoms with Crippen molar-refractivity contribution in [3.05, 3.63) is 32.8 Å². The van der Waals surface area contributed by atoms with Gasteiger partial charge in [0.05, 0.1) is 1.37 Å². The SMILES string of the molecule is [2H]c1cc(Cl)ccc1I. The van der Waals surface area contributed by atoms with Crippen molar-refractivity contribution in [2.24, 2.45) is 0 Å². The van der Waals surface area contributed by atoms with E-state index < -0.39 is 0 Å². The van der Waals surface area contributed by atoms with Gasteiger partial charge in [0.25, 0.3) is 0 Å². The average Bonchev–Trinajstić information content (AvgIpc) is 1.80. The maximum atomic E-state index is 7.27. The van der Waals surface area contributed by atoms with Gasteiger partial charge in [0.15, 0.2) is 0 Å². The van der Waals surface area contributed by atoms with Gasteiger partial charge in [-0.1, -0.05) is 11.6 Å². The minimum Gasteiger partial charge on any atom is -0.0843 e. The van der Waals surface area contributed by atoms with Gasteiger partial charge in [-0.25, -0.2) is 0 Å². The highest BCUT2D eigenvalue weighted by molar-refractivity contribution is 14.1. The Labute approximate surface area is 68.4 Å². The van der Waals surface area contributed by atoms with Crippen LogP contribution in [-0.2, 0) is 0 Å². The summed E-state index contributed by atoms with van der Waals surface area (Å²) < 4.78 is 8.20. The number of benzene rings is 1. The molecule has 0 spiro atoms. The van der Waals surface area contributed by atoms with Crippen LogP contribution in [-0.4, -0.2) is 0 Å². The molecule has 0 amide bonds. The second-order valence-electron chi connectivity index (χ2n) is 1.35. The zero-order chi connectivity index (χ0) is 6.85. The molecule has 0 heterocycles. The van der Waals surface area contributed by atoms with Crippen LogP contribution in [0.15, 0.2) is 24.2 Å². The van der Waals surface area contributed by atoms with Crippen LogP contribution in [0.2, 0.25) is 5.02 Å². The van der Waals surface area contributed by atoms with Gasteiger partial charge in [-0.3, -0.25) is 0 Å². The van der Waals surface area contributed by atoms with Gasteiger partial charge in [-0.15, -0.1) is 0 Å². The molecule has 0 saturated heterocycles. The first-order valence-corrected chi connectivity index (χ1v) is 3.57. The smallest absolute Gasteiger partial charge is 0.0634 e. The van der Waals surface area contributed by atoms with Crippen LogP contribution in [0.25, 0.3) is 0 Å². The summed E-state index contributed by atoms with van der Waals surface area (Å²) in [6.07, 6.45) is 0. The fourth-order valence-electron chi connectivity index (χ4n) is 0.387. The molecule has 0 fully saturated rings. The monoisotopic (exact) mass is 239 g/mol. The van der Waals surface area contributed by atoms with Crippen LogP contribution in [0, 0.1) is 3.57 Å². The number of hydrogen-bond acceptors (Lipinski definition) is 0. The Kier molecular flexibility index (Phi) is 1.70. The molecule has 0 aliphatic rings. The molecule has 0 aromatic heterocycles. The lowest BCUT2D eigenvalue weighted by Gasteiger charge is -1.86. The van der Waals surface area contributed by atoms with Crippen LogP contribution in [0.5, 0.6) is 0 Å². The minimum absolute atomic E-state index is 0.489. The topological polar surface area (TPSA) is 0 Å². The van der Waals surface area contributed by atoms with Crippen molar-refractivity contribution in [1.29, 1.82) is 0 Å². The van der Waals surface area contributed by atoms with Crippen molar-refractivity contribution in [3.8, 4) is 0 Å². The van der Waals surface area contributed by atoms with Crippen LogP contribution in [0.4, 0.5) is 0 Å². The molecule has 0 saturated carbocycles. The molecule has 0 bridgehead atoms. The summed E-state index contributed by atoms with van der Waals surface area (Å²) in [4.78, 5) is 0. The predicted octanol–water partition coefficient (Wildman–Crippen LogP) is 2.94. The Morgan fingerprint density at radius 2 is 2.25 bits per heavy atom. The molecule has 1 rings (SSSR count). The Balaban J connectivity index is 3.17. The third-order valence-corrected chi connectivity index (χ3v) is 1.64. The van der Waals surface area contributed by atoms with Crippen molar-refractivity contribution in [3.63, 3.8) is 0 Å². The Hall–Kier alpha value is 0.240. The van der Waals surface area contributed by atoms with Crippen molar-refractivity contribution in [2.75, 3.05) is 0 Å². The van der Waals surface area contributed by atoms with Crippen molar-refractivity contribution in [1.82, 2.24) is 0 Å². The van der Waals surface area contributed by atoms with Crippen LogP contribution >= 0.6 is 34.2 Å². The summed E-state index contributed by atoms with van der Waals surface area (Å²) in [5.74, 6) is 0. The molecule has 0 nitrogen and oxygen atoms in total. The lowest BCUT2D eigenvalue weighted by atomic mass is 10.4. The van der Waals surface area contributed by atoms with E-state index in [1.165, 1.54) is 0 Å². The lowest BCUT2D eigenvalue weighted by molar-refractivity contribution is 1.65. The first kappa shape index (κ1) is 5.06. The van der Waals surface area contributed by atoms with E-state index in [9.17, 15) is 0 Å². The minimum atomic E-state index is 0.489. The standard InChI is InChI=1S/C6H4ClI/c7-5-1-3-6(8)4-2-5/h1-4H/i3D. The second-order valence-corrected chi connectivity index (χ2v) is 2.95. The molecule has 0 aliphatic carbocycles. The molecule has 0 aliphatic heterocycles. The van der Waals surface area contributed by atoms with E-state index in [1.807, 2.05) is 6.07 Å². The Morgan fingerprint density at radius 1 is 1.50 bits per heavy atom. The van der Waals surface area contributed by atoms with Gasteiger partial charge >= 0.3 is 0 Å². The third kappa shape index (κ3) is 1.63. The molecule has 1 aromatic carbocycles. The molecule has 0 unspecified atom stereocenters. The van der Waals surface area contributed by atoms with Gasteiger partial charge in [0.2, 0.25) is 0 Å². The van der Waals surface area contributed by atoms with E-state index in [0.29, 0.717) is 11.1 Å². The first-order valence-electron chi connectivity index (χ1n) is 2.62. The third-order valence-electron chi connectivity index (χ3n) is 0.737. The van der Waals surface area contributed by atoms with Crippen molar-refractivity contribution >= 4 is 34.2 Å². The van der Waals surface area contributed by atoms with Gasteiger partial charge in [0.1, 0.15) is 0 Å². The summed E-state index contributed by atoms with van der Waals surface area (Å²) in [5.41, 5.74) is 0. The van der Waals surface area contributed by atoms with Gasteiger partial charge < -0.3 is 0 Å². The molecular weight excluding hydrogens is 234 g/mol. The van der Waals surface area contributed by atoms with E-state index in [4.69, 9.17) is 13.0 Å². The van der Waals surface area contributed by atoms with Crippen LogP contribution < -0.4 is 0 Å². The van der Waals surface area contributed by atoms with Crippen molar-refractivity contribution in [2.45, 2.75) is 0 Å². The molecule has 0 radical (unpaired) electrons. The number of hydrogen-bond donors (Lipinski definition) is 0. The summed E-state index contributed by atoms with van der Waals surface area (Å²) >= 11 is 7.69. The second kappa shape index (κ2) is 2.69. The molecule has 42 valence electrons. The Bertz CT molecular complexity index is 224. The van der Waals surface area contributed by atoms with Gasteiger partial charge in [0, 0.05) is 8.59 Å². The average molecular weight is 239 g/mol. The number of rotatable bonds is 0. The van der Waals surface area contributed by atoms with Crippen LogP contribution in [0.1, 0.15) is 1.37 Å². The highest BCUT2D eigenvalue weighted by Crippen LogP contribution is 2.10. The summed E-state index contributed by atoms with van der Waals surface area (Å²) in [6, 6.07) is 5.72. The largest absolute Gasteiger partial charge is 0.0843 e. The van der Waals surface area contributed by atoms with E-state index >= 15 is 0 Å². The molecule has 0 atom stereocenters. The van der Waals surface area contributed by atoms with Crippen molar-refractivity contribution < 1.29 is 1.37 Å². The fraction of sp³-hybridized carbons (Fsp3) is 0. The van der Waals surface area contributed by atoms with E-state index in [1.54, 1.807) is 12.1 Å². The maximum absolute atomic E-state index is 7.27. The molecule has 8 heavy (non-hydrogen) atoms. The Morgan fingerprint density at radius 3 is 2.75 bits per heavy atom. The van der Waals surface area contributed by atoms with E-state index in [2.05, 4.69) is 22.6 Å². The fourth-order valence-corrected chi connectivity index (χ4v) is 0.840. The van der Waals surface area contributed by atoms with Crippen LogP contribution in [0.3, 0.4) is 0 Å². The molecule has 1 aromatic rings. The van der Waals surface area contributed by atoms with Gasteiger partial charge in [-0.2, -0.15) is 0 Å². The zero-order valence-electron chi connectivity index (χ0n) is 4.99. The van der Waals surface area contributed by atoms with E-state index in [-0.39, 0.29) is 0 Å². The predicted molar refractivity (Wildman–Crippen MR) is 44.2 cm³/mol. The highest BCUT2D eigenvalue weighted by atomic mass is 127. The highest BCUT2D eigenvalue weighted by Gasteiger charge is 1.83. The lowest BCUT2D eigenvalue weighted by Crippen LogP contribution is -1.65. The zero-order valence-corrected chi connectivity index (χ0v) is 6.90. The maximum Gasteiger partial charge on any atom is 0.0634 e. The first-order chi connectivity index (χ1) is 4.20. The van der Waals surface area contributed by atoms with E-state index in [0.717, 1.165) is 3.57 Å².